The van der Waals surface area contributed by atoms with Crippen LogP contribution in [0.3, 0.4) is 0 Å². The highest BCUT2D eigenvalue weighted by molar-refractivity contribution is 5.00. The fourth-order valence-corrected chi connectivity index (χ4v) is 1.46. The van der Waals surface area contributed by atoms with Crippen LogP contribution in [0.25, 0.3) is 0 Å². The van der Waals surface area contributed by atoms with Crippen LogP contribution < -0.4 is 0 Å². The van der Waals surface area contributed by atoms with Crippen LogP contribution in [-0.4, -0.2) is 4.98 Å². The zero-order valence-electron chi connectivity index (χ0n) is 8.13. The van der Waals surface area contributed by atoms with Gasteiger partial charge in [0, 0.05) is 12.8 Å². The summed E-state index contributed by atoms with van der Waals surface area (Å²) in [7, 11) is 0. The van der Waals surface area contributed by atoms with Crippen molar-refractivity contribution in [1.29, 1.82) is 0 Å². The molecule has 0 fully saturated rings. The first-order valence-corrected chi connectivity index (χ1v) is 4.70. The number of nitrogens with zero attached hydrogens (tertiary/aromatic N) is 1. The molecule has 0 saturated heterocycles. The Labute approximate surface area is 74.0 Å². The molecule has 0 spiro atoms. The van der Waals surface area contributed by atoms with E-state index in [-0.39, 0.29) is 0 Å². The molecule has 0 radical (unpaired) electrons. The Morgan fingerprint density at radius 2 is 2.25 bits per heavy atom. The predicted octanol–water partition coefficient (Wildman–Crippen LogP) is 3.28. The van der Waals surface area contributed by atoms with E-state index < -0.39 is 0 Å². The molecule has 0 amide bonds. The molecule has 2 nitrogen and oxygen atoms in total. The van der Waals surface area contributed by atoms with Gasteiger partial charge in [0.1, 0.15) is 5.76 Å². The second-order valence-corrected chi connectivity index (χ2v) is 3.18. The third-order valence-corrected chi connectivity index (χ3v) is 2.17. The molecule has 2 heteroatoms. The van der Waals surface area contributed by atoms with Crippen LogP contribution in [0, 0.1) is 6.92 Å². The van der Waals surface area contributed by atoms with Gasteiger partial charge in [-0.3, -0.25) is 0 Å². The van der Waals surface area contributed by atoms with Gasteiger partial charge in [0.2, 0.25) is 0 Å². The highest BCUT2D eigenvalue weighted by Crippen LogP contribution is 2.24. The topological polar surface area (TPSA) is 26.0 Å². The van der Waals surface area contributed by atoms with Crippen LogP contribution in [0.15, 0.2) is 10.6 Å². The predicted molar refractivity (Wildman–Crippen MR) is 49.2 cm³/mol. The molecule has 68 valence electrons. The lowest BCUT2D eigenvalue weighted by atomic mass is 9.99. The molecule has 1 atom stereocenters. The molecular weight excluding hydrogens is 150 g/mol. The molecule has 1 rings (SSSR count). The summed E-state index contributed by atoms with van der Waals surface area (Å²) in [4.78, 5) is 4.10. The van der Waals surface area contributed by atoms with Gasteiger partial charge in [0.15, 0.2) is 5.89 Å². The average Bonchev–Trinajstić information content (AvgIpc) is 2.47. The standard InChI is InChI=1S/C10H17NO/c1-4-6-9(5-2)10-7-11-8(3)12-10/h7,9H,4-6H2,1-3H3. The van der Waals surface area contributed by atoms with E-state index in [0.717, 1.165) is 18.1 Å². The van der Waals surface area contributed by atoms with Crippen molar-refractivity contribution < 1.29 is 4.42 Å². The Morgan fingerprint density at radius 1 is 1.50 bits per heavy atom. The maximum absolute atomic E-state index is 5.48. The van der Waals surface area contributed by atoms with Crippen molar-refractivity contribution in [2.24, 2.45) is 0 Å². The van der Waals surface area contributed by atoms with Crippen LogP contribution in [0.5, 0.6) is 0 Å². The monoisotopic (exact) mass is 167 g/mol. The fourth-order valence-electron chi connectivity index (χ4n) is 1.46. The molecule has 0 N–H and O–H groups in total. The number of aryl methyl sites for hydroxylation is 1. The SMILES string of the molecule is CCCC(CC)c1cnc(C)o1. The molecule has 12 heavy (non-hydrogen) atoms. The molecule has 0 aliphatic rings. The van der Waals surface area contributed by atoms with Crippen molar-refractivity contribution >= 4 is 0 Å². The zero-order chi connectivity index (χ0) is 8.97. The second kappa shape index (κ2) is 4.29. The minimum absolute atomic E-state index is 0.566. The summed E-state index contributed by atoms with van der Waals surface area (Å²) < 4.78 is 5.48. The number of rotatable bonds is 4. The fraction of sp³-hybridized carbons (Fsp3) is 0.700. The molecule has 0 saturated carbocycles. The van der Waals surface area contributed by atoms with Crippen molar-refractivity contribution in [3.05, 3.63) is 17.8 Å². The van der Waals surface area contributed by atoms with Gasteiger partial charge in [-0.25, -0.2) is 4.98 Å². The molecule has 0 aromatic carbocycles. The van der Waals surface area contributed by atoms with Crippen LogP contribution in [0.2, 0.25) is 0 Å². The first-order valence-electron chi connectivity index (χ1n) is 4.70. The number of hydrogen-bond donors (Lipinski definition) is 0. The molecule has 0 aliphatic heterocycles. The van der Waals surface area contributed by atoms with E-state index in [2.05, 4.69) is 18.8 Å². The maximum Gasteiger partial charge on any atom is 0.191 e. The zero-order valence-corrected chi connectivity index (χ0v) is 8.13. The Balaban J connectivity index is 2.66. The molecule has 1 aromatic heterocycles. The van der Waals surface area contributed by atoms with Gasteiger partial charge in [-0.1, -0.05) is 20.3 Å². The molecule has 0 bridgehead atoms. The lowest BCUT2D eigenvalue weighted by Crippen LogP contribution is -1.94. The number of aromatic nitrogens is 1. The van der Waals surface area contributed by atoms with E-state index in [0.29, 0.717) is 5.92 Å². The van der Waals surface area contributed by atoms with E-state index in [1.54, 1.807) is 0 Å². The van der Waals surface area contributed by atoms with Crippen molar-refractivity contribution in [2.45, 2.75) is 46.0 Å². The Bertz CT molecular complexity index is 229. The molecule has 0 aliphatic carbocycles. The quantitative estimate of drug-likeness (QED) is 0.687. The summed E-state index contributed by atoms with van der Waals surface area (Å²) >= 11 is 0. The highest BCUT2D eigenvalue weighted by Gasteiger charge is 2.12. The Kier molecular flexibility index (Phi) is 3.32. The third kappa shape index (κ3) is 2.10. The normalized spacial score (nSPS) is 13.2. The average molecular weight is 167 g/mol. The van der Waals surface area contributed by atoms with Crippen LogP contribution >= 0.6 is 0 Å². The summed E-state index contributed by atoms with van der Waals surface area (Å²) in [5, 5.41) is 0. The summed E-state index contributed by atoms with van der Waals surface area (Å²) in [6.07, 6.45) is 5.41. The number of oxazole rings is 1. The molecule has 1 heterocycles. The lowest BCUT2D eigenvalue weighted by molar-refractivity contribution is 0.417. The van der Waals surface area contributed by atoms with Crippen molar-refractivity contribution in [1.82, 2.24) is 4.98 Å². The first kappa shape index (κ1) is 9.30. The van der Waals surface area contributed by atoms with Gasteiger partial charge in [-0.05, 0) is 12.8 Å². The minimum atomic E-state index is 0.566. The van der Waals surface area contributed by atoms with E-state index in [9.17, 15) is 0 Å². The van der Waals surface area contributed by atoms with Gasteiger partial charge in [0.25, 0.3) is 0 Å². The van der Waals surface area contributed by atoms with E-state index in [1.165, 1.54) is 12.8 Å². The van der Waals surface area contributed by atoms with Crippen molar-refractivity contribution in [2.75, 3.05) is 0 Å². The second-order valence-electron chi connectivity index (χ2n) is 3.18. The smallest absolute Gasteiger partial charge is 0.191 e. The summed E-state index contributed by atoms with van der Waals surface area (Å²) in [6.45, 7) is 6.28. The van der Waals surface area contributed by atoms with Crippen molar-refractivity contribution in [3.63, 3.8) is 0 Å². The van der Waals surface area contributed by atoms with Gasteiger partial charge in [0.05, 0.1) is 6.20 Å². The molecule has 1 aromatic rings. The van der Waals surface area contributed by atoms with Crippen LogP contribution in [0.1, 0.15) is 50.7 Å². The van der Waals surface area contributed by atoms with Crippen LogP contribution in [-0.2, 0) is 0 Å². The van der Waals surface area contributed by atoms with Crippen LogP contribution in [0.4, 0.5) is 0 Å². The van der Waals surface area contributed by atoms with E-state index in [4.69, 9.17) is 4.42 Å². The Morgan fingerprint density at radius 3 is 2.67 bits per heavy atom. The van der Waals surface area contributed by atoms with Crippen molar-refractivity contribution in [3.8, 4) is 0 Å². The van der Waals surface area contributed by atoms with Gasteiger partial charge in [-0.2, -0.15) is 0 Å². The van der Waals surface area contributed by atoms with Gasteiger partial charge >= 0.3 is 0 Å². The first-order chi connectivity index (χ1) is 5.77. The summed E-state index contributed by atoms with van der Waals surface area (Å²) in [5.74, 6) is 2.40. The summed E-state index contributed by atoms with van der Waals surface area (Å²) in [5.41, 5.74) is 0. The van der Waals surface area contributed by atoms with Gasteiger partial charge in [-0.15, -0.1) is 0 Å². The minimum Gasteiger partial charge on any atom is -0.446 e. The third-order valence-electron chi connectivity index (χ3n) is 2.17. The van der Waals surface area contributed by atoms with E-state index >= 15 is 0 Å². The van der Waals surface area contributed by atoms with E-state index in [1.807, 2.05) is 13.1 Å². The van der Waals surface area contributed by atoms with Gasteiger partial charge < -0.3 is 4.42 Å². The maximum atomic E-state index is 5.48. The summed E-state index contributed by atoms with van der Waals surface area (Å²) in [6, 6.07) is 0. The highest BCUT2D eigenvalue weighted by atomic mass is 16.4. The lowest BCUT2D eigenvalue weighted by Gasteiger charge is -2.08. The molecule has 1 unspecified atom stereocenters. The number of hydrogen-bond acceptors (Lipinski definition) is 2. The molecular formula is C10H17NO. The largest absolute Gasteiger partial charge is 0.446 e. The Hall–Kier alpha value is -0.790.